The lowest BCUT2D eigenvalue weighted by atomic mass is 10.3. The number of halogens is 2. The molecule has 0 unspecified atom stereocenters. The first-order valence-electron chi connectivity index (χ1n) is 6.49. The summed E-state index contributed by atoms with van der Waals surface area (Å²) in [4.78, 5) is 13.5. The first kappa shape index (κ1) is 18.2. The van der Waals surface area contributed by atoms with Gasteiger partial charge in [-0.3, -0.25) is 4.79 Å². The Balaban J connectivity index is 3.00. The average Bonchev–Trinajstić information content (AvgIpc) is 2.42. The zero-order valence-electron chi connectivity index (χ0n) is 12.1. The van der Waals surface area contributed by atoms with Gasteiger partial charge >= 0.3 is 0 Å². The van der Waals surface area contributed by atoms with Crippen LogP contribution in [0.1, 0.15) is 20.8 Å². The molecular formula is C13H18Cl2N2O3S. The molecule has 8 heteroatoms. The van der Waals surface area contributed by atoms with Gasteiger partial charge in [0.15, 0.2) is 0 Å². The Kier molecular flexibility index (Phi) is 6.46. The Labute approximate surface area is 135 Å². The van der Waals surface area contributed by atoms with E-state index in [1.165, 1.54) is 25.1 Å². The highest BCUT2D eigenvalue weighted by atomic mass is 35.5. The Morgan fingerprint density at radius 1 is 1.29 bits per heavy atom. The van der Waals surface area contributed by atoms with E-state index in [9.17, 15) is 13.2 Å². The molecule has 5 nitrogen and oxygen atoms in total. The average molecular weight is 353 g/mol. The lowest BCUT2D eigenvalue weighted by Crippen LogP contribution is -2.46. The molecule has 1 atom stereocenters. The third-order valence-corrected chi connectivity index (χ3v) is 5.22. The van der Waals surface area contributed by atoms with Crippen molar-refractivity contribution in [3.63, 3.8) is 0 Å². The second kappa shape index (κ2) is 7.45. The van der Waals surface area contributed by atoms with Crippen molar-refractivity contribution in [3.8, 4) is 0 Å². The predicted molar refractivity (Wildman–Crippen MR) is 84.2 cm³/mol. The largest absolute Gasteiger partial charge is 0.342 e. The molecular weight excluding hydrogens is 335 g/mol. The van der Waals surface area contributed by atoms with Gasteiger partial charge in [0.1, 0.15) is 4.90 Å². The third kappa shape index (κ3) is 4.57. The number of nitrogens with zero attached hydrogens (tertiary/aromatic N) is 1. The monoisotopic (exact) mass is 352 g/mol. The first-order valence-corrected chi connectivity index (χ1v) is 8.73. The maximum atomic E-state index is 12.3. The molecule has 0 aliphatic heterocycles. The molecule has 1 rings (SSSR count). The first-order chi connectivity index (χ1) is 9.72. The van der Waals surface area contributed by atoms with Gasteiger partial charge in [0.05, 0.1) is 11.1 Å². The van der Waals surface area contributed by atoms with Crippen molar-refractivity contribution in [2.45, 2.75) is 31.7 Å². The highest BCUT2D eigenvalue weighted by molar-refractivity contribution is 7.89. The van der Waals surface area contributed by atoms with E-state index in [4.69, 9.17) is 23.2 Å². The Bertz CT molecular complexity index is 616. The Morgan fingerprint density at radius 2 is 1.86 bits per heavy atom. The molecule has 118 valence electrons. The Morgan fingerprint density at radius 3 is 2.38 bits per heavy atom. The molecule has 0 aliphatic rings. The number of hydrogen-bond donors (Lipinski definition) is 1. The van der Waals surface area contributed by atoms with E-state index in [0.29, 0.717) is 13.1 Å². The molecule has 0 radical (unpaired) electrons. The van der Waals surface area contributed by atoms with Crippen LogP contribution in [0.25, 0.3) is 0 Å². The van der Waals surface area contributed by atoms with E-state index in [-0.39, 0.29) is 20.8 Å². The van der Waals surface area contributed by atoms with Gasteiger partial charge in [-0.1, -0.05) is 23.2 Å². The standard InChI is InChI=1S/C13H18Cl2N2O3S/c1-4-17(5-2)13(18)9(3)16-21(19,20)12-8-10(14)6-7-11(12)15/h6-9,16H,4-5H2,1-3H3/t9-/m1/s1. The number of carbonyl (C=O) groups excluding carboxylic acids is 1. The van der Waals surface area contributed by atoms with Gasteiger partial charge in [-0.25, -0.2) is 8.42 Å². The molecule has 0 saturated heterocycles. The summed E-state index contributed by atoms with van der Waals surface area (Å²) in [5.74, 6) is -0.290. The molecule has 0 spiro atoms. The molecule has 0 fully saturated rings. The summed E-state index contributed by atoms with van der Waals surface area (Å²) in [6.07, 6.45) is 0. The number of benzene rings is 1. The fourth-order valence-corrected chi connectivity index (χ4v) is 3.80. The van der Waals surface area contributed by atoms with Crippen molar-refractivity contribution in [2.24, 2.45) is 0 Å². The molecule has 1 N–H and O–H groups in total. The molecule has 0 bridgehead atoms. The van der Waals surface area contributed by atoms with Gasteiger partial charge in [-0.15, -0.1) is 0 Å². The second-order valence-corrected chi connectivity index (χ2v) is 6.95. The van der Waals surface area contributed by atoms with Crippen LogP contribution in [0.2, 0.25) is 10.0 Å². The van der Waals surface area contributed by atoms with Crippen molar-refractivity contribution < 1.29 is 13.2 Å². The van der Waals surface area contributed by atoms with Crippen molar-refractivity contribution in [2.75, 3.05) is 13.1 Å². The van der Waals surface area contributed by atoms with E-state index in [1.54, 1.807) is 4.90 Å². The number of likely N-dealkylation sites (N-methyl/N-ethyl adjacent to an activating group) is 1. The zero-order chi connectivity index (χ0) is 16.2. The smallest absolute Gasteiger partial charge is 0.242 e. The van der Waals surface area contributed by atoms with Crippen LogP contribution in [0.5, 0.6) is 0 Å². The topological polar surface area (TPSA) is 66.5 Å². The van der Waals surface area contributed by atoms with E-state index in [2.05, 4.69) is 4.72 Å². The van der Waals surface area contributed by atoms with Crippen LogP contribution < -0.4 is 4.72 Å². The molecule has 0 saturated carbocycles. The quantitative estimate of drug-likeness (QED) is 0.855. The summed E-state index contributed by atoms with van der Waals surface area (Å²) >= 11 is 11.7. The Hall–Kier alpha value is -0.820. The molecule has 1 aromatic carbocycles. The van der Waals surface area contributed by atoms with Gasteiger partial charge in [0, 0.05) is 18.1 Å². The number of rotatable bonds is 6. The summed E-state index contributed by atoms with van der Waals surface area (Å²) in [6.45, 7) is 6.18. The molecule has 21 heavy (non-hydrogen) atoms. The minimum atomic E-state index is -3.92. The van der Waals surface area contributed by atoms with Crippen molar-refractivity contribution >= 4 is 39.1 Å². The van der Waals surface area contributed by atoms with Crippen molar-refractivity contribution in [1.82, 2.24) is 9.62 Å². The maximum Gasteiger partial charge on any atom is 0.242 e. The molecule has 0 aliphatic carbocycles. The van der Waals surface area contributed by atoms with Crippen molar-refractivity contribution in [1.29, 1.82) is 0 Å². The van der Waals surface area contributed by atoms with Crippen LogP contribution in [-0.2, 0) is 14.8 Å². The second-order valence-electron chi connectivity index (χ2n) is 4.43. The molecule has 1 aromatic rings. The van der Waals surface area contributed by atoms with E-state index >= 15 is 0 Å². The van der Waals surface area contributed by atoms with Crippen LogP contribution in [0.3, 0.4) is 0 Å². The zero-order valence-corrected chi connectivity index (χ0v) is 14.4. The molecule has 1 amide bonds. The van der Waals surface area contributed by atoms with Crippen molar-refractivity contribution in [3.05, 3.63) is 28.2 Å². The number of sulfonamides is 1. The summed E-state index contributed by atoms with van der Waals surface area (Å²) < 4.78 is 26.9. The summed E-state index contributed by atoms with van der Waals surface area (Å²) in [5.41, 5.74) is 0. The lowest BCUT2D eigenvalue weighted by molar-refractivity contribution is -0.132. The summed E-state index contributed by atoms with van der Waals surface area (Å²) in [6, 6.07) is 3.26. The van der Waals surface area contributed by atoms with Gasteiger partial charge in [-0.2, -0.15) is 4.72 Å². The number of carbonyl (C=O) groups is 1. The summed E-state index contributed by atoms with van der Waals surface area (Å²) in [5, 5.41) is 0.303. The maximum absolute atomic E-state index is 12.3. The van der Waals surface area contributed by atoms with Gasteiger partial charge < -0.3 is 4.90 Å². The van der Waals surface area contributed by atoms with E-state index in [0.717, 1.165) is 0 Å². The van der Waals surface area contributed by atoms with Crippen LogP contribution >= 0.6 is 23.2 Å². The number of nitrogens with one attached hydrogen (secondary N) is 1. The fraction of sp³-hybridized carbons (Fsp3) is 0.462. The molecule has 0 heterocycles. The predicted octanol–water partition coefficient (Wildman–Crippen LogP) is 2.53. The number of hydrogen-bond acceptors (Lipinski definition) is 3. The van der Waals surface area contributed by atoms with E-state index < -0.39 is 16.1 Å². The van der Waals surface area contributed by atoms with Gasteiger partial charge in [0.2, 0.25) is 15.9 Å². The minimum Gasteiger partial charge on any atom is -0.342 e. The lowest BCUT2D eigenvalue weighted by Gasteiger charge is -2.23. The van der Waals surface area contributed by atoms with E-state index in [1.807, 2.05) is 13.8 Å². The SMILES string of the molecule is CCN(CC)C(=O)[C@@H](C)NS(=O)(=O)c1cc(Cl)ccc1Cl. The third-order valence-electron chi connectivity index (χ3n) is 2.96. The van der Waals surface area contributed by atoms with Crippen LogP contribution in [0, 0.1) is 0 Å². The van der Waals surface area contributed by atoms with Crippen LogP contribution in [-0.4, -0.2) is 38.4 Å². The fourth-order valence-electron chi connectivity index (χ4n) is 1.84. The van der Waals surface area contributed by atoms with Gasteiger partial charge in [0.25, 0.3) is 0 Å². The van der Waals surface area contributed by atoms with Crippen LogP contribution in [0.15, 0.2) is 23.1 Å². The molecule has 0 aromatic heterocycles. The van der Waals surface area contributed by atoms with Crippen LogP contribution in [0.4, 0.5) is 0 Å². The minimum absolute atomic E-state index is 0.0504. The van der Waals surface area contributed by atoms with Gasteiger partial charge in [-0.05, 0) is 39.0 Å². The highest BCUT2D eigenvalue weighted by Crippen LogP contribution is 2.25. The highest BCUT2D eigenvalue weighted by Gasteiger charge is 2.26. The normalized spacial score (nSPS) is 13.0. The summed E-state index contributed by atoms with van der Waals surface area (Å²) in [7, 11) is -3.92. The number of amides is 1.